The van der Waals surface area contributed by atoms with Crippen molar-refractivity contribution in [2.24, 2.45) is 0 Å². The third kappa shape index (κ3) is 1.78. The van der Waals surface area contributed by atoms with Gasteiger partial charge >= 0.3 is 0 Å². The number of hydrogen-bond acceptors (Lipinski definition) is 6. The summed E-state index contributed by atoms with van der Waals surface area (Å²) in [6.45, 7) is 0. The van der Waals surface area contributed by atoms with Crippen LogP contribution >= 0.6 is 11.3 Å². The minimum Gasteiger partial charge on any atom is -0.506 e. The Bertz CT molecular complexity index is 633. The molecule has 17 heavy (non-hydrogen) atoms. The summed E-state index contributed by atoms with van der Waals surface area (Å²) in [7, 11) is 0. The first-order chi connectivity index (χ1) is 8.34. The van der Waals surface area contributed by atoms with Gasteiger partial charge in [0.1, 0.15) is 10.6 Å². The van der Waals surface area contributed by atoms with Crippen LogP contribution in [0.5, 0.6) is 5.75 Å². The van der Waals surface area contributed by atoms with Crippen molar-refractivity contribution in [1.29, 1.82) is 0 Å². The molecule has 0 amide bonds. The number of pyridine rings is 1. The van der Waals surface area contributed by atoms with Gasteiger partial charge in [-0.3, -0.25) is 4.98 Å². The molecule has 3 aromatic rings. The lowest BCUT2D eigenvalue weighted by Crippen LogP contribution is -1.80. The molecule has 0 aromatic carbocycles. The predicted octanol–water partition coefficient (Wildman–Crippen LogP) is 2.57. The topological polar surface area (TPSA) is 72.0 Å². The van der Waals surface area contributed by atoms with Gasteiger partial charge < -0.3 is 9.63 Å². The van der Waals surface area contributed by atoms with Crippen molar-refractivity contribution < 1.29 is 9.63 Å². The van der Waals surface area contributed by atoms with E-state index in [1.165, 1.54) is 11.3 Å². The third-order valence-electron chi connectivity index (χ3n) is 2.20. The Balaban J connectivity index is 2.02. The molecule has 0 spiro atoms. The maximum absolute atomic E-state index is 9.56. The van der Waals surface area contributed by atoms with Crippen molar-refractivity contribution in [3.63, 3.8) is 0 Å². The molecule has 84 valence electrons. The van der Waals surface area contributed by atoms with Gasteiger partial charge in [-0.25, -0.2) is 0 Å². The fourth-order valence-corrected chi connectivity index (χ4v) is 2.10. The number of rotatable bonds is 2. The van der Waals surface area contributed by atoms with Gasteiger partial charge in [-0.05, 0) is 23.6 Å². The Morgan fingerprint density at radius 3 is 2.71 bits per heavy atom. The van der Waals surface area contributed by atoms with Crippen LogP contribution in [0.3, 0.4) is 0 Å². The molecule has 3 rings (SSSR count). The summed E-state index contributed by atoms with van der Waals surface area (Å²) in [5, 5.41) is 15.2. The van der Waals surface area contributed by atoms with Gasteiger partial charge in [-0.15, -0.1) is 11.3 Å². The van der Waals surface area contributed by atoms with E-state index in [0.717, 1.165) is 5.56 Å². The molecule has 0 aliphatic rings. The van der Waals surface area contributed by atoms with E-state index in [2.05, 4.69) is 15.1 Å². The lowest BCUT2D eigenvalue weighted by atomic mass is 10.2. The van der Waals surface area contributed by atoms with Crippen molar-refractivity contribution in [3.8, 4) is 27.9 Å². The molecule has 0 saturated carbocycles. The molecule has 3 heterocycles. The minimum absolute atomic E-state index is 0.153. The van der Waals surface area contributed by atoms with Gasteiger partial charge in [0.2, 0.25) is 5.82 Å². The summed E-state index contributed by atoms with van der Waals surface area (Å²) in [4.78, 5) is 8.73. The normalized spacial score (nSPS) is 10.6. The molecule has 5 nitrogen and oxygen atoms in total. The van der Waals surface area contributed by atoms with Crippen LogP contribution in [0.4, 0.5) is 0 Å². The van der Waals surface area contributed by atoms with Crippen LogP contribution in [0.1, 0.15) is 0 Å². The average Bonchev–Trinajstić information content (AvgIpc) is 2.98. The zero-order valence-corrected chi connectivity index (χ0v) is 9.39. The standard InChI is InChI=1S/C11H7N3O2S/c15-8-3-6-17-9(8)11-13-10(14-16-11)7-1-4-12-5-2-7/h1-6,15H. The summed E-state index contributed by atoms with van der Waals surface area (Å²) in [6, 6.07) is 5.18. The molecular weight excluding hydrogens is 238 g/mol. The number of aromatic hydroxyl groups is 1. The summed E-state index contributed by atoms with van der Waals surface area (Å²) in [5.41, 5.74) is 0.825. The maximum Gasteiger partial charge on any atom is 0.272 e. The predicted molar refractivity (Wildman–Crippen MR) is 62.5 cm³/mol. The highest BCUT2D eigenvalue weighted by molar-refractivity contribution is 7.13. The number of aromatic nitrogens is 3. The van der Waals surface area contributed by atoms with E-state index in [-0.39, 0.29) is 5.75 Å². The van der Waals surface area contributed by atoms with Crippen LogP contribution < -0.4 is 0 Å². The molecule has 0 atom stereocenters. The Hall–Kier alpha value is -2.21. The lowest BCUT2D eigenvalue weighted by Gasteiger charge is -1.90. The van der Waals surface area contributed by atoms with Crippen LogP contribution in [0.15, 0.2) is 40.5 Å². The highest BCUT2D eigenvalue weighted by Crippen LogP contribution is 2.34. The zero-order chi connectivity index (χ0) is 11.7. The first-order valence-electron chi connectivity index (χ1n) is 4.85. The molecule has 1 N–H and O–H groups in total. The van der Waals surface area contributed by atoms with Gasteiger partial charge in [0.25, 0.3) is 5.89 Å². The van der Waals surface area contributed by atoms with Crippen molar-refractivity contribution >= 4 is 11.3 Å². The molecule has 0 radical (unpaired) electrons. The van der Waals surface area contributed by atoms with E-state index in [4.69, 9.17) is 4.52 Å². The number of hydrogen-bond donors (Lipinski definition) is 1. The first-order valence-corrected chi connectivity index (χ1v) is 5.73. The van der Waals surface area contributed by atoms with Crippen LogP contribution in [0.25, 0.3) is 22.2 Å². The van der Waals surface area contributed by atoms with Crippen LogP contribution in [-0.4, -0.2) is 20.2 Å². The highest BCUT2D eigenvalue weighted by Gasteiger charge is 2.14. The van der Waals surface area contributed by atoms with Crippen molar-refractivity contribution in [2.45, 2.75) is 0 Å². The van der Waals surface area contributed by atoms with E-state index in [1.54, 1.807) is 36.0 Å². The fourth-order valence-electron chi connectivity index (χ4n) is 1.40. The summed E-state index contributed by atoms with van der Waals surface area (Å²) >= 11 is 1.35. The Labute approximate surface area is 100 Å². The fraction of sp³-hybridized carbons (Fsp3) is 0. The Morgan fingerprint density at radius 2 is 2.00 bits per heavy atom. The molecule has 0 unspecified atom stereocenters. The first kappa shape index (κ1) is 9.98. The number of nitrogens with zero attached hydrogens (tertiary/aromatic N) is 3. The molecule has 0 aliphatic carbocycles. The summed E-state index contributed by atoms with van der Waals surface area (Å²) in [5.74, 6) is 0.958. The van der Waals surface area contributed by atoms with Crippen LogP contribution in [0.2, 0.25) is 0 Å². The monoisotopic (exact) mass is 245 g/mol. The van der Waals surface area contributed by atoms with Gasteiger partial charge in [0.05, 0.1) is 0 Å². The number of thiophene rings is 1. The molecule has 0 bridgehead atoms. The van der Waals surface area contributed by atoms with E-state index in [1.807, 2.05) is 0 Å². The lowest BCUT2D eigenvalue weighted by molar-refractivity contribution is 0.427. The molecule has 0 aliphatic heterocycles. The smallest absolute Gasteiger partial charge is 0.272 e. The summed E-state index contributed by atoms with van der Waals surface area (Å²) < 4.78 is 5.11. The van der Waals surface area contributed by atoms with E-state index < -0.39 is 0 Å². The second-order valence-electron chi connectivity index (χ2n) is 3.29. The van der Waals surface area contributed by atoms with Gasteiger partial charge in [-0.2, -0.15) is 4.98 Å². The van der Waals surface area contributed by atoms with Gasteiger partial charge in [-0.1, -0.05) is 5.16 Å². The molecule has 6 heteroatoms. The van der Waals surface area contributed by atoms with Gasteiger partial charge in [0, 0.05) is 18.0 Å². The zero-order valence-electron chi connectivity index (χ0n) is 8.57. The minimum atomic E-state index is 0.153. The van der Waals surface area contributed by atoms with E-state index in [9.17, 15) is 5.11 Å². The highest BCUT2D eigenvalue weighted by atomic mass is 32.1. The van der Waals surface area contributed by atoms with Crippen molar-refractivity contribution in [2.75, 3.05) is 0 Å². The third-order valence-corrected chi connectivity index (χ3v) is 3.09. The Morgan fingerprint density at radius 1 is 1.18 bits per heavy atom. The molecular formula is C11H7N3O2S. The summed E-state index contributed by atoms with van der Waals surface area (Å²) in [6.07, 6.45) is 3.32. The maximum atomic E-state index is 9.56. The largest absolute Gasteiger partial charge is 0.506 e. The molecule has 0 saturated heterocycles. The van der Waals surface area contributed by atoms with Crippen LogP contribution in [-0.2, 0) is 0 Å². The quantitative estimate of drug-likeness (QED) is 0.751. The second kappa shape index (κ2) is 3.99. The average molecular weight is 245 g/mol. The SMILES string of the molecule is Oc1ccsc1-c1nc(-c2ccncc2)no1. The van der Waals surface area contributed by atoms with Crippen molar-refractivity contribution in [3.05, 3.63) is 36.0 Å². The van der Waals surface area contributed by atoms with E-state index in [0.29, 0.717) is 16.6 Å². The van der Waals surface area contributed by atoms with Gasteiger partial charge in [0.15, 0.2) is 0 Å². The molecule has 3 aromatic heterocycles. The second-order valence-corrected chi connectivity index (χ2v) is 4.21. The van der Waals surface area contributed by atoms with Crippen LogP contribution in [0, 0.1) is 0 Å². The molecule has 0 fully saturated rings. The van der Waals surface area contributed by atoms with Crippen molar-refractivity contribution in [1.82, 2.24) is 15.1 Å². The Kier molecular flexibility index (Phi) is 2.34. The van der Waals surface area contributed by atoms with E-state index >= 15 is 0 Å².